The first-order valence-corrected chi connectivity index (χ1v) is 8.03. The SMILES string of the molecule is C[Si](C)(C)Oc1c(C(=O)O)ccc(F)c1F. The maximum absolute atomic E-state index is 13.4. The van der Waals surface area contributed by atoms with Gasteiger partial charge < -0.3 is 9.53 Å². The van der Waals surface area contributed by atoms with Crippen molar-refractivity contribution in [3.8, 4) is 5.75 Å². The fourth-order valence-electron chi connectivity index (χ4n) is 1.11. The molecule has 0 fully saturated rings. The predicted molar refractivity (Wildman–Crippen MR) is 57.3 cm³/mol. The molecule has 1 aromatic rings. The second kappa shape index (κ2) is 4.21. The minimum Gasteiger partial charge on any atom is -0.542 e. The molecule has 1 rings (SSSR count). The van der Waals surface area contributed by atoms with Gasteiger partial charge in [-0.1, -0.05) is 0 Å². The summed E-state index contributed by atoms with van der Waals surface area (Å²) in [6.07, 6.45) is 0. The lowest BCUT2D eigenvalue weighted by Crippen LogP contribution is -2.30. The molecule has 1 aromatic carbocycles. The molecule has 1 N–H and O–H groups in total. The Kier molecular flexibility index (Phi) is 3.32. The van der Waals surface area contributed by atoms with Crippen LogP contribution < -0.4 is 4.43 Å². The van der Waals surface area contributed by atoms with Gasteiger partial charge in [0.15, 0.2) is 17.4 Å². The van der Waals surface area contributed by atoms with Gasteiger partial charge in [-0.2, -0.15) is 4.39 Å². The van der Waals surface area contributed by atoms with Crippen molar-refractivity contribution in [3.63, 3.8) is 0 Å². The summed E-state index contributed by atoms with van der Waals surface area (Å²) >= 11 is 0. The van der Waals surface area contributed by atoms with Crippen LogP contribution in [0.25, 0.3) is 0 Å². The van der Waals surface area contributed by atoms with Gasteiger partial charge in [-0.05, 0) is 31.8 Å². The van der Waals surface area contributed by atoms with Gasteiger partial charge in [-0.3, -0.25) is 0 Å². The number of carboxylic acids is 1. The summed E-state index contributed by atoms with van der Waals surface area (Å²) in [4.78, 5) is 10.8. The fourth-order valence-corrected chi connectivity index (χ4v) is 1.92. The van der Waals surface area contributed by atoms with Gasteiger partial charge in [-0.25, -0.2) is 9.18 Å². The Balaban J connectivity index is 3.32. The van der Waals surface area contributed by atoms with Crippen LogP contribution in [-0.4, -0.2) is 19.4 Å². The molecule has 88 valence electrons. The molecule has 0 bridgehead atoms. The number of carbonyl (C=O) groups is 1. The highest BCUT2D eigenvalue weighted by Crippen LogP contribution is 2.27. The van der Waals surface area contributed by atoms with Crippen LogP contribution in [0.5, 0.6) is 5.75 Å². The highest BCUT2D eigenvalue weighted by atomic mass is 28.4. The average Bonchev–Trinajstić information content (AvgIpc) is 2.10. The Morgan fingerprint density at radius 1 is 1.31 bits per heavy atom. The lowest BCUT2D eigenvalue weighted by molar-refractivity contribution is 0.0694. The molecule has 0 aliphatic carbocycles. The van der Waals surface area contributed by atoms with Crippen LogP contribution in [-0.2, 0) is 0 Å². The maximum atomic E-state index is 13.4. The first kappa shape index (κ1) is 12.6. The van der Waals surface area contributed by atoms with Crippen LogP contribution in [0.4, 0.5) is 8.78 Å². The zero-order valence-electron chi connectivity index (χ0n) is 9.17. The number of carboxylic acid groups (broad SMARTS) is 1. The van der Waals surface area contributed by atoms with Gasteiger partial charge in [0, 0.05) is 0 Å². The zero-order valence-corrected chi connectivity index (χ0v) is 10.2. The van der Waals surface area contributed by atoms with E-state index < -0.39 is 31.7 Å². The third kappa shape index (κ3) is 2.79. The average molecular weight is 246 g/mol. The topological polar surface area (TPSA) is 46.5 Å². The molecular weight excluding hydrogens is 234 g/mol. The van der Waals surface area contributed by atoms with Crippen molar-refractivity contribution in [3.05, 3.63) is 29.3 Å². The highest BCUT2D eigenvalue weighted by Gasteiger charge is 2.25. The summed E-state index contributed by atoms with van der Waals surface area (Å²) in [6.45, 7) is 5.26. The number of hydrogen-bond acceptors (Lipinski definition) is 2. The summed E-state index contributed by atoms with van der Waals surface area (Å²) < 4.78 is 31.6. The van der Waals surface area contributed by atoms with Crippen molar-refractivity contribution in [2.24, 2.45) is 0 Å². The molecule has 0 atom stereocenters. The number of halogens is 2. The van der Waals surface area contributed by atoms with Gasteiger partial charge in [-0.15, -0.1) is 0 Å². The van der Waals surface area contributed by atoms with Crippen molar-refractivity contribution >= 4 is 14.3 Å². The van der Waals surface area contributed by atoms with Crippen LogP contribution in [0.2, 0.25) is 19.6 Å². The maximum Gasteiger partial charge on any atom is 0.339 e. The normalized spacial score (nSPS) is 11.3. The molecule has 0 saturated heterocycles. The van der Waals surface area contributed by atoms with Crippen molar-refractivity contribution in [1.29, 1.82) is 0 Å². The van der Waals surface area contributed by atoms with Gasteiger partial charge in [0.05, 0.1) is 0 Å². The molecule has 0 spiro atoms. The van der Waals surface area contributed by atoms with E-state index in [9.17, 15) is 13.6 Å². The molecule has 16 heavy (non-hydrogen) atoms. The van der Waals surface area contributed by atoms with E-state index in [-0.39, 0.29) is 5.56 Å². The molecule has 0 aromatic heterocycles. The van der Waals surface area contributed by atoms with Crippen LogP contribution in [0.3, 0.4) is 0 Å². The quantitative estimate of drug-likeness (QED) is 0.834. The van der Waals surface area contributed by atoms with Crippen LogP contribution in [0, 0.1) is 11.6 Å². The minimum absolute atomic E-state index is 0.360. The monoisotopic (exact) mass is 246 g/mol. The summed E-state index contributed by atoms with van der Waals surface area (Å²) in [5.74, 6) is -4.21. The van der Waals surface area contributed by atoms with Crippen molar-refractivity contribution in [2.75, 3.05) is 0 Å². The summed E-state index contributed by atoms with van der Waals surface area (Å²) in [5, 5.41) is 8.82. The van der Waals surface area contributed by atoms with Crippen molar-refractivity contribution in [2.45, 2.75) is 19.6 Å². The molecule has 0 aliphatic heterocycles. The third-order valence-electron chi connectivity index (χ3n) is 1.69. The molecule has 0 unspecified atom stereocenters. The van der Waals surface area contributed by atoms with E-state index in [2.05, 4.69) is 0 Å². The van der Waals surface area contributed by atoms with E-state index in [1.165, 1.54) is 0 Å². The van der Waals surface area contributed by atoms with Gasteiger partial charge in [0.25, 0.3) is 0 Å². The van der Waals surface area contributed by atoms with Gasteiger partial charge in [0.2, 0.25) is 8.32 Å². The lowest BCUT2D eigenvalue weighted by atomic mass is 10.2. The fraction of sp³-hybridized carbons (Fsp3) is 0.300. The van der Waals surface area contributed by atoms with E-state index in [1.54, 1.807) is 19.6 Å². The smallest absolute Gasteiger partial charge is 0.339 e. The summed E-state index contributed by atoms with van der Waals surface area (Å²) in [6, 6.07) is 1.77. The van der Waals surface area contributed by atoms with Crippen LogP contribution in [0.1, 0.15) is 10.4 Å². The third-order valence-corrected chi connectivity index (χ3v) is 2.51. The molecule has 6 heteroatoms. The Bertz CT molecular complexity index is 427. The summed E-state index contributed by atoms with van der Waals surface area (Å²) in [7, 11) is -2.20. The van der Waals surface area contributed by atoms with Gasteiger partial charge >= 0.3 is 5.97 Å². The largest absolute Gasteiger partial charge is 0.542 e. The lowest BCUT2D eigenvalue weighted by Gasteiger charge is -2.21. The second-order valence-electron chi connectivity index (χ2n) is 4.26. The van der Waals surface area contributed by atoms with E-state index in [0.29, 0.717) is 0 Å². The molecular formula is C10H12F2O3Si. The second-order valence-corrected chi connectivity index (χ2v) is 8.69. The van der Waals surface area contributed by atoms with Gasteiger partial charge in [0.1, 0.15) is 5.56 Å². The minimum atomic E-state index is -2.20. The predicted octanol–water partition coefficient (Wildman–Crippen LogP) is 2.88. The first-order chi connectivity index (χ1) is 7.22. The van der Waals surface area contributed by atoms with Crippen molar-refractivity contribution < 1.29 is 23.1 Å². The zero-order chi connectivity index (χ0) is 12.5. The van der Waals surface area contributed by atoms with E-state index >= 15 is 0 Å². The number of hydrogen-bond donors (Lipinski definition) is 1. The Morgan fingerprint density at radius 2 is 1.88 bits per heavy atom. The molecule has 0 amide bonds. The molecule has 0 saturated carbocycles. The number of rotatable bonds is 3. The number of benzene rings is 1. The summed E-state index contributed by atoms with van der Waals surface area (Å²) in [5.41, 5.74) is -0.360. The van der Waals surface area contributed by atoms with Crippen molar-refractivity contribution in [1.82, 2.24) is 0 Å². The first-order valence-electron chi connectivity index (χ1n) is 4.62. The standard InChI is InChI=1S/C10H12F2O3Si/c1-16(2,3)15-9-6(10(13)14)4-5-7(11)8(9)12/h4-5H,1-3H3,(H,13,14). The molecule has 0 radical (unpaired) electrons. The van der Waals surface area contributed by atoms with E-state index in [1.807, 2.05) is 0 Å². The Morgan fingerprint density at radius 3 is 2.31 bits per heavy atom. The highest BCUT2D eigenvalue weighted by molar-refractivity contribution is 6.70. The number of aromatic carboxylic acids is 1. The molecule has 0 aliphatic rings. The van der Waals surface area contributed by atoms with E-state index in [4.69, 9.17) is 9.53 Å². The van der Waals surface area contributed by atoms with E-state index in [0.717, 1.165) is 12.1 Å². The Labute approximate surface area is 92.8 Å². The molecule has 3 nitrogen and oxygen atoms in total. The Hall–Kier alpha value is -1.43. The molecule has 0 heterocycles. The van der Waals surface area contributed by atoms with Crippen LogP contribution in [0.15, 0.2) is 12.1 Å². The van der Waals surface area contributed by atoms with Crippen LogP contribution >= 0.6 is 0 Å².